The molecule has 0 amide bonds. The van der Waals surface area contributed by atoms with Crippen molar-refractivity contribution in [3.05, 3.63) is 70.5 Å². The van der Waals surface area contributed by atoms with Crippen LogP contribution in [-0.4, -0.2) is 16.7 Å². The van der Waals surface area contributed by atoms with E-state index in [0.29, 0.717) is 0 Å². The first-order valence-electron chi connectivity index (χ1n) is 7.62. The average molecular weight is 376 g/mol. The third-order valence-corrected chi connectivity index (χ3v) is 4.92. The van der Waals surface area contributed by atoms with E-state index in [0.717, 1.165) is 21.5 Å². The number of para-hydroxylation sites is 1. The van der Waals surface area contributed by atoms with Crippen molar-refractivity contribution in [2.45, 2.75) is 18.6 Å². The van der Waals surface area contributed by atoms with Crippen LogP contribution in [0.5, 0.6) is 0 Å². The van der Waals surface area contributed by atoms with Crippen LogP contribution >= 0.6 is 23.4 Å². The molecule has 25 heavy (non-hydrogen) atoms. The average Bonchev–Trinajstić information content (AvgIpc) is 2.59. The third kappa shape index (κ3) is 4.30. The number of aromatic nitrogens is 1. The summed E-state index contributed by atoms with van der Waals surface area (Å²) >= 11 is 7.20. The molecule has 0 aliphatic carbocycles. The monoisotopic (exact) mass is 375 g/mol. The van der Waals surface area contributed by atoms with E-state index < -0.39 is 11.8 Å². The van der Waals surface area contributed by atoms with Crippen molar-refractivity contribution >= 4 is 40.2 Å². The maximum atomic E-state index is 13.7. The molecule has 1 heterocycles. The van der Waals surface area contributed by atoms with Crippen LogP contribution in [0.3, 0.4) is 0 Å². The number of aryl methyl sites for hydroxylation is 1. The van der Waals surface area contributed by atoms with Gasteiger partial charge in [0.25, 0.3) is 0 Å². The van der Waals surface area contributed by atoms with E-state index >= 15 is 0 Å². The molecule has 3 aromatic rings. The Bertz CT molecular complexity index is 912. The Balaban J connectivity index is 1.61. The number of pyridine rings is 1. The summed E-state index contributed by atoms with van der Waals surface area (Å²) in [7, 11) is 0. The highest BCUT2D eigenvalue weighted by molar-refractivity contribution is 7.99. The van der Waals surface area contributed by atoms with Crippen LogP contribution in [-0.2, 0) is 16.1 Å². The van der Waals surface area contributed by atoms with Crippen molar-refractivity contribution in [1.82, 2.24) is 4.98 Å². The first-order valence-corrected chi connectivity index (χ1v) is 8.98. The Hall–Kier alpha value is -2.11. The zero-order chi connectivity index (χ0) is 17.8. The van der Waals surface area contributed by atoms with Crippen LogP contribution in [0.15, 0.2) is 53.6 Å². The number of esters is 1. The van der Waals surface area contributed by atoms with Crippen molar-refractivity contribution < 1.29 is 13.9 Å². The predicted molar refractivity (Wildman–Crippen MR) is 98.4 cm³/mol. The first-order chi connectivity index (χ1) is 12.0. The van der Waals surface area contributed by atoms with E-state index in [1.807, 2.05) is 37.3 Å². The van der Waals surface area contributed by atoms with Gasteiger partial charge in [0.2, 0.25) is 0 Å². The molecule has 3 rings (SSSR count). The molecule has 0 saturated carbocycles. The highest BCUT2D eigenvalue weighted by Gasteiger charge is 2.11. The van der Waals surface area contributed by atoms with Crippen LogP contribution < -0.4 is 0 Å². The van der Waals surface area contributed by atoms with Gasteiger partial charge in [0.15, 0.2) is 0 Å². The van der Waals surface area contributed by atoms with Gasteiger partial charge in [-0.25, -0.2) is 9.37 Å². The molecule has 0 aliphatic heterocycles. The molecule has 0 spiro atoms. The van der Waals surface area contributed by atoms with Gasteiger partial charge in [-0.05, 0) is 36.8 Å². The van der Waals surface area contributed by atoms with Crippen molar-refractivity contribution in [3.63, 3.8) is 0 Å². The highest BCUT2D eigenvalue weighted by Crippen LogP contribution is 2.24. The smallest absolute Gasteiger partial charge is 0.316 e. The standard InChI is InChI=1S/C19H15ClFNO2S/c1-12-9-18(22-17-8-3-2-5-13(12)17)25-11-19(23)24-10-14-15(20)6-4-7-16(14)21/h2-9H,10-11H2,1H3. The lowest BCUT2D eigenvalue weighted by atomic mass is 10.1. The second kappa shape index (κ2) is 7.85. The fourth-order valence-corrected chi connectivity index (χ4v) is 3.38. The largest absolute Gasteiger partial charge is 0.460 e. The van der Waals surface area contributed by atoms with Crippen LogP contribution in [0.2, 0.25) is 5.02 Å². The summed E-state index contributed by atoms with van der Waals surface area (Å²) in [5, 5.41) is 2.08. The molecule has 0 atom stereocenters. The quantitative estimate of drug-likeness (QED) is 0.455. The Kier molecular flexibility index (Phi) is 5.56. The maximum absolute atomic E-state index is 13.7. The summed E-state index contributed by atoms with van der Waals surface area (Å²) < 4.78 is 18.8. The summed E-state index contributed by atoms with van der Waals surface area (Å²) in [5.74, 6) is -0.840. The molecule has 128 valence electrons. The molecule has 0 aliphatic rings. The lowest BCUT2D eigenvalue weighted by molar-refractivity contribution is -0.141. The molecule has 3 nitrogen and oxygen atoms in total. The maximum Gasteiger partial charge on any atom is 0.316 e. The number of fused-ring (bicyclic) bond motifs is 1. The fraction of sp³-hybridized carbons (Fsp3) is 0.158. The summed E-state index contributed by atoms with van der Waals surface area (Å²) in [6.07, 6.45) is 0. The van der Waals surface area contributed by atoms with Gasteiger partial charge in [-0.1, -0.05) is 47.6 Å². The summed E-state index contributed by atoms with van der Waals surface area (Å²) in [6, 6.07) is 14.1. The second-order valence-corrected chi connectivity index (χ2v) is 6.85. The Morgan fingerprint density at radius 2 is 2.04 bits per heavy atom. The molecular formula is C19H15ClFNO2S. The van der Waals surface area contributed by atoms with Crippen molar-refractivity contribution in [2.75, 3.05) is 5.75 Å². The van der Waals surface area contributed by atoms with E-state index in [9.17, 15) is 9.18 Å². The zero-order valence-corrected chi connectivity index (χ0v) is 15.0. The van der Waals surface area contributed by atoms with Crippen molar-refractivity contribution in [3.8, 4) is 0 Å². The lowest BCUT2D eigenvalue weighted by Crippen LogP contribution is -2.08. The molecule has 0 fully saturated rings. The SMILES string of the molecule is Cc1cc(SCC(=O)OCc2c(F)cccc2Cl)nc2ccccc12. The van der Waals surface area contributed by atoms with E-state index in [2.05, 4.69) is 4.98 Å². The van der Waals surface area contributed by atoms with Gasteiger partial charge < -0.3 is 4.74 Å². The van der Waals surface area contributed by atoms with Gasteiger partial charge in [-0.3, -0.25) is 4.79 Å². The van der Waals surface area contributed by atoms with Crippen LogP contribution in [0, 0.1) is 12.7 Å². The van der Waals surface area contributed by atoms with Crippen molar-refractivity contribution in [1.29, 1.82) is 0 Å². The number of nitrogens with zero attached hydrogens (tertiary/aromatic N) is 1. The Morgan fingerprint density at radius 1 is 1.24 bits per heavy atom. The van der Waals surface area contributed by atoms with Gasteiger partial charge in [0, 0.05) is 10.9 Å². The van der Waals surface area contributed by atoms with E-state index in [1.165, 1.54) is 23.9 Å². The molecule has 0 bridgehead atoms. The highest BCUT2D eigenvalue weighted by atomic mass is 35.5. The number of carbonyl (C=O) groups is 1. The van der Waals surface area contributed by atoms with Gasteiger partial charge in [-0.15, -0.1) is 0 Å². The Labute approximate surface area is 154 Å². The fourth-order valence-electron chi connectivity index (χ4n) is 2.39. The Morgan fingerprint density at radius 3 is 2.84 bits per heavy atom. The summed E-state index contributed by atoms with van der Waals surface area (Å²) in [5.41, 5.74) is 2.17. The van der Waals surface area contributed by atoms with Crippen molar-refractivity contribution in [2.24, 2.45) is 0 Å². The molecule has 6 heteroatoms. The molecule has 1 aromatic heterocycles. The molecular weight excluding hydrogens is 361 g/mol. The van der Waals surface area contributed by atoms with Gasteiger partial charge >= 0.3 is 5.97 Å². The molecule has 0 saturated heterocycles. The van der Waals surface area contributed by atoms with E-state index in [-0.39, 0.29) is 22.9 Å². The number of carbonyl (C=O) groups excluding carboxylic acids is 1. The number of hydrogen-bond acceptors (Lipinski definition) is 4. The van der Waals surface area contributed by atoms with Gasteiger partial charge in [0.1, 0.15) is 12.4 Å². The second-order valence-electron chi connectivity index (χ2n) is 5.44. The van der Waals surface area contributed by atoms with Crippen LogP contribution in [0.25, 0.3) is 10.9 Å². The molecule has 2 aromatic carbocycles. The number of rotatable bonds is 5. The van der Waals surface area contributed by atoms with Crippen LogP contribution in [0.4, 0.5) is 4.39 Å². The number of thioether (sulfide) groups is 1. The van der Waals surface area contributed by atoms with Gasteiger partial charge in [0.05, 0.1) is 21.3 Å². The zero-order valence-electron chi connectivity index (χ0n) is 13.5. The number of hydrogen-bond donors (Lipinski definition) is 0. The summed E-state index contributed by atoms with van der Waals surface area (Å²) in [6.45, 7) is 1.82. The van der Waals surface area contributed by atoms with Gasteiger partial charge in [-0.2, -0.15) is 0 Å². The van der Waals surface area contributed by atoms with E-state index in [1.54, 1.807) is 6.07 Å². The first kappa shape index (κ1) is 17.7. The minimum Gasteiger partial charge on any atom is -0.460 e. The summed E-state index contributed by atoms with van der Waals surface area (Å²) in [4.78, 5) is 16.5. The van der Waals surface area contributed by atoms with E-state index in [4.69, 9.17) is 16.3 Å². The minimum absolute atomic E-state index is 0.0941. The molecule has 0 unspecified atom stereocenters. The number of halogens is 2. The molecule has 0 N–H and O–H groups in total. The minimum atomic E-state index is -0.486. The third-order valence-electron chi connectivity index (χ3n) is 3.68. The predicted octanol–water partition coefficient (Wildman–Crippen LogP) is 5.17. The topological polar surface area (TPSA) is 39.2 Å². The van der Waals surface area contributed by atoms with Crippen LogP contribution in [0.1, 0.15) is 11.1 Å². The number of benzene rings is 2. The number of ether oxygens (including phenoxy) is 1. The lowest BCUT2D eigenvalue weighted by Gasteiger charge is -2.08. The molecule has 0 radical (unpaired) electrons. The normalized spacial score (nSPS) is 10.8.